The molecule has 33 heavy (non-hydrogen) atoms. The van der Waals surface area contributed by atoms with Crippen LogP contribution in [0.4, 0.5) is 23.0 Å². The molecule has 0 radical (unpaired) electrons. The zero-order valence-corrected chi connectivity index (χ0v) is 19.8. The molecule has 2 aromatic rings. The van der Waals surface area contributed by atoms with Crippen LogP contribution < -0.4 is 15.1 Å². The first-order valence-corrected chi connectivity index (χ1v) is 12.3. The van der Waals surface area contributed by atoms with Crippen LogP contribution in [0.2, 0.25) is 0 Å². The fraction of sp³-hybridized carbons (Fsp3) is 0.455. The van der Waals surface area contributed by atoms with Gasteiger partial charge in [0.2, 0.25) is 15.9 Å². The van der Waals surface area contributed by atoms with E-state index >= 15 is 0 Å². The maximum absolute atomic E-state index is 13.0. The molecule has 1 aromatic carbocycles. The molecule has 0 spiro atoms. The van der Waals surface area contributed by atoms with Crippen molar-refractivity contribution in [1.29, 1.82) is 0 Å². The van der Waals surface area contributed by atoms with Crippen LogP contribution in [0.3, 0.4) is 0 Å². The third-order valence-electron chi connectivity index (χ3n) is 5.89. The molecule has 1 aromatic heterocycles. The number of methoxy groups -OCH3 is 1. The van der Waals surface area contributed by atoms with Crippen molar-refractivity contribution in [3.05, 3.63) is 36.4 Å². The second-order valence-corrected chi connectivity index (χ2v) is 9.91. The number of hydrogen-bond donors (Lipinski definition) is 1. The largest absolute Gasteiger partial charge is 0.383 e. The van der Waals surface area contributed by atoms with Crippen molar-refractivity contribution in [2.24, 2.45) is 0 Å². The normalized spacial score (nSPS) is 19.5. The second kappa shape index (κ2) is 9.64. The molecule has 4 rings (SSSR count). The Morgan fingerprint density at radius 3 is 2.70 bits per heavy atom. The summed E-state index contributed by atoms with van der Waals surface area (Å²) in [6, 6.07) is 9.92. The number of nitrogens with one attached hydrogen (secondary N) is 1. The predicted octanol–water partition coefficient (Wildman–Crippen LogP) is 1.66. The van der Waals surface area contributed by atoms with E-state index in [0.717, 1.165) is 0 Å². The first kappa shape index (κ1) is 23.4. The van der Waals surface area contributed by atoms with Crippen LogP contribution in [0.15, 0.2) is 41.3 Å². The lowest BCUT2D eigenvalue weighted by Gasteiger charge is -2.39. The molecule has 2 aliphatic rings. The van der Waals surface area contributed by atoms with Gasteiger partial charge in [0.05, 0.1) is 30.4 Å². The van der Waals surface area contributed by atoms with Crippen LogP contribution >= 0.6 is 0 Å². The summed E-state index contributed by atoms with van der Waals surface area (Å²) in [5.41, 5.74) is 1.32. The van der Waals surface area contributed by atoms with Crippen LogP contribution in [0, 0.1) is 0 Å². The van der Waals surface area contributed by atoms with Crippen LogP contribution in [0.1, 0.15) is 6.92 Å². The number of amides is 1. The number of likely N-dealkylation sites (N-methyl/N-ethyl adjacent to an activating group) is 1. The summed E-state index contributed by atoms with van der Waals surface area (Å²) in [6.45, 7) is 4.30. The quantitative estimate of drug-likeness (QED) is 0.645. The summed E-state index contributed by atoms with van der Waals surface area (Å²) in [5, 5.41) is 3.21. The molecule has 178 valence electrons. The van der Waals surface area contributed by atoms with E-state index in [1.54, 1.807) is 49.4 Å². The van der Waals surface area contributed by atoms with E-state index in [9.17, 15) is 13.2 Å². The number of aromatic nitrogens is 1. The molecule has 0 bridgehead atoms. The Morgan fingerprint density at radius 1 is 1.21 bits per heavy atom. The number of ether oxygens (including phenoxy) is 2. The summed E-state index contributed by atoms with van der Waals surface area (Å²) in [6.07, 6.45) is 0. The lowest BCUT2D eigenvalue weighted by molar-refractivity contribution is -0.119. The van der Waals surface area contributed by atoms with Crippen LogP contribution in [0.25, 0.3) is 0 Å². The van der Waals surface area contributed by atoms with Crippen molar-refractivity contribution in [3.8, 4) is 0 Å². The monoisotopic (exact) mass is 475 g/mol. The molecule has 0 aliphatic carbocycles. The molecule has 1 unspecified atom stereocenters. The number of sulfonamides is 1. The molecule has 1 N–H and O–H groups in total. The van der Waals surface area contributed by atoms with Gasteiger partial charge < -0.3 is 24.6 Å². The third kappa shape index (κ3) is 4.67. The van der Waals surface area contributed by atoms with E-state index in [0.29, 0.717) is 62.5 Å². The number of anilines is 4. The van der Waals surface area contributed by atoms with Gasteiger partial charge in [-0.15, -0.1) is 0 Å². The van der Waals surface area contributed by atoms with Gasteiger partial charge >= 0.3 is 0 Å². The van der Waals surface area contributed by atoms with Gasteiger partial charge in [-0.1, -0.05) is 6.07 Å². The summed E-state index contributed by atoms with van der Waals surface area (Å²) in [5.74, 6) is 1.21. The minimum atomic E-state index is -3.60. The molecule has 1 amide bonds. The number of morpholine rings is 1. The highest BCUT2D eigenvalue weighted by Crippen LogP contribution is 2.35. The van der Waals surface area contributed by atoms with Gasteiger partial charge in [-0.2, -0.15) is 4.31 Å². The van der Waals surface area contributed by atoms with Crippen LogP contribution in [-0.4, -0.2) is 83.3 Å². The van der Waals surface area contributed by atoms with E-state index in [-0.39, 0.29) is 16.8 Å². The Labute approximate surface area is 194 Å². The number of hydrogen-bond acceptors (Lipinski definition) is 8. The smallest absolute Gasteiger partial charge is 0.249 e. The van der Waals surface area contributed by atoms with Gasteiger partial charge in [-0.05, 0) is 37.3 Å². The van der Waals surface area contributed by atoms with Gasteiger partial charge in [-0.3, -0.25) is 4.79 Å². The molecule has 1 atom stereocenters. The predicted molar refractivity (Wildman–Crippen MR) is 126 cm³/mol. The number of benzene rings is 1. The van der Waals surface area contributed by atoms with Crippen molar-refractivity contribution in [1.82, 2.24) is 9.29 Å². The number of nitrogens with zero attached hydrogens (tertiary/aromatic N) is 4. The van der Waals surface area contributed by atoms with Crippen molar-refractivity contribution < 1.29 is 22.7 Å². The minimum absolute atomic E-state index is 0.0119. The number of rotatable bonds is 7. The lowest BCUT2D eigenvalue weighted by Crippen LogP contribution is -2.52. The molecule has 1 saturated heterocycles. The van der Waals surface area contributed by atoms with Crippen molar-refractivity contribution in [3.63, 3.8) is 0 Å². The first-order valence-electron chi connectivity index (χ1n) is 10.8. The van der Waals surface area contributed by atoms with Crippen molar-refractivity contribution in [2.45, 2.75) is 17.9 Å². The number of pyridine rings is 1. The highest BCUT2D eigenvalue weighted by Gasteiger charge is 2.34. The minimum Gasteiger partial charge on any atom is -0.383 e. The van der Waals surface area contributed by atoms with E-state index in [4.69, 9.17) is 14.5 Å². The van der Waals surface area contributed by atoms with Crippen LogP contribution in [0.5, 0.6) is 0 Å². The topological polar surface area (TPSA) is 104 Å². The Kier molecular flexibility index (Phi) is 6.84. The molecule has 10 nitrogen and oxygen atoms in total. The Balaban J connectivity index is 1.61. The highest BCUT2D eigenvalue weighted by molar-refractivity contribution is 7.89. The van der Waals surface area contributed by atoms with Crippen LogP contribution in [-0.2, 0) is 24.3 Å². The third-order valence-corrected chi connectivity index (χ3v) is 7.79. The molecule has 3 heterocycles. The van der Waals surface area contributed by atoms with Crippen molar-refractivity contribution >= 4 is 38.9 Å². The van der Waals surface area contributed by atoms with Crippen molar-refractivity contribution in [2.75, 3.05) is 68.7 Å². The maximum Gasteiger partial charge on any atom is 0.249 e. The average molecular weight is 476 g/mol. The zero-order chi connectivity index (χ0) is 23.6. The summed E-state index contributed by atoms with van der Waals surface area (Å²) in [4.78, 5) is 21.1. The second-order valence-electron chi connectivity index (χ2n) is 7.97. The molecule has 2 aliphatic heterocycles. The SMILES string of the molecule is COCCN1c2nc(Nc3cccc(S(=O)(=O)N4CCOCC4)c3)ccc2N(C)C(=O)C1C. The van der Waals surface area contributed by atoms with E-state index in [1.165, 1.54) is 4.31 Å². The maximum atomic E-state index is 13.0. The molecular formula is C22H29N5O5S. The van der Waals surface area contributed by atoms with Gasteiger partial charge in [0.1, 0.15) is 11.9 Å². The van der Waals surface area contributed by atoms with Gasteiger partial charge in [0, 0.05) is 39.5 Å². The Morgan fingerprint density at radius 2 is 1.97 bits per heavy atom. The Bertz CT molecular complexity index is 1120. The fourth-order valence-electron chi connectivity index (χ4n) is 4.01. The summed E-state index contributed by atoms with van der Waals surface area (Å²) >= 11 is 0. The molecular weight excluding hydrogens is 446 g/mol. The lowest BCUT2D eigenvalue weighted by atomic mass is 10.1. The van der Waals surface area contributed by atoms with Gasteiger partial charge in [0.15, 0.2) is 5.82 Å². The highest BCUT2D eigenvalue weighted by atomic mass is 32.2. The average Bonchev–Trinajstić information content (AvgIpc) is 2.83. The molecule has 11 heteroatoms. The Hall–Kier alpha value is -2.73. The zero-order valence-electron chi connectivity index (χ0n) is 19.0. The van der Waals surface area contributed by atoms with E-state index in [2.05, 4.69) is 5.32 Å². The number of carbonyl (C=O) groups is 1. The summed E-state index contributed by atoms with van der Waals surface area (Å²) in [7, 11) is -0.250. The molecule has 0 saturated carbocycles. The van der Waals surface area contributed by atoms with Gasteiger partial charge in [0.25, 0.3) is 0 Å². The summed E-state index contributed by atoms with van der Waals surface area (Å²) < 4.78 is 37.9. The van der Waals surface area contributed by atoms with E-state index < -0.39 is 10.0 Å². The number of carbonyl (C=O) groups excluding carboxylic acids is 1. The standard InChI is InChI=1S/C22H29N5O5S/c1-16-22(28)25(2)19-7-8-20(24-21(19)27(16)11-12-31-3)23-17-5-4-6-18(15-17)33(29,30)26-9-13-32-14-10-26/h4-8,15-16H,9-14H2,1-3H3,(H,23,24). The fourth-order valence-corrected chi connectivity index (χ4v) is 5.46. The molecule has 1 fully saturated rings. The number of fused-ring (bicyclic) bond motifs is 1. The van der Waals surface area contributed by atoms with Gasteiger partial charge in [-0.25, -0.2) is 13.4 Å². The van der Waals surface area contributed by atoms with E-state index in [1.807, 2.05) is 17.9 Å². The first-order chi connectivity index (χ1) is 15.8.